The highest BCUT2D eigenvalue weighted by molar-refractivity contribution is 5.80. The number of hydrogen-bond acceptors (Lipinski definition) is 3. The minimum absolute atomic E-state index is 0.0461. The summed E-state index contributed by atoms with van der Waals surface area (Å²) in [6.45, 7) is 2.58. The van der Waals surface area contributed by atoms with Gasteiger partial charge >= 0.3 is 0 Å². The molecule has 0 spiro atoms. The number of carbonyl (C=O) groups is 2. The van der Waals surface area contributed by atoms with E-state index in [2.05, 4.69) is 5.32 Å². The molecule has 1 aliphatic rings. The molecule has 114 valence electrons. The van der Waals surface area contributed by atoms with E-state index in [4.69, 9.17) is 5.73 Å². The SMILES string of the molecule is NCC1CCN(C(=O)CCNC(=O)Cc2ccccc2)C1. The van der Waals surface area contributed by atoms with Gasteiger partial charge in [0, 0.05) is 26.1 Å². The van der Waals surface area contributed by atoms with E-state index in [1.165, 1.54) is 0 Å². The number of nitrogens with zero attached hydrogens (tertiary/aromatic N) is 1. The molecule has 5 heteroatoms. The first-order valence-corrected chi connectivity index (χ1v) is 7.47. The van der Waals surface area contributed by atoms with E-state index >= 15 is 0 Å². The van der Waals surface area contributed by atoms with Crippen LogP contribution in [0.1, 0.15) is 18.4 Å². The van der Waals surface area contributed by atoms with E-state index in [-0.39, 0.29) is 11.8 Å². The van der Waals surface area contributed by atoms with Crippen LogP contribution in [0.4, 0.5) is 0 Å². The van der Waals surface area contributed by atoms with Crippen LogP contribution in [0.2, 0.25) is 0 Å². The molecule has 1 heterocycles. The summed E-state index contributed by atoms with van der Waals surface area (Å²) in [5.41, 5.74) is 6.59. The van der Waals surface area contributed by atoms with Gasteiger partial charge in [-0.15, -0.1) is 0 Å². The minimum atomic E-state index is -0.0461. The molecular weight excluding hydrogens is 266 g/mol. The standard InChI is InChI=1S/C16H23N3O2/c17-11-14-7-9-19(12-14)16(21)6-8-18-15(20)10-13-4-2-1-3-5-13/h1-5,14H,6-12,17H2,(H,18,20). The normalized spacial score (nSPS) is 17.8. The van der Waals surface area contributed by atoms with Crippen LogP contribution >= 0.6 is 0 Å². The molecule has 0 aliphatic carbocycles. The Hall–Kier alpha value is -1.88. The van der Waals surface area contributed by atoms with Gasteiger partial charge in [-0.2, -0.15) is 0 Å². The molecule has 0 bridgehead atoms. The molecular formula is C16H23N3O2. The summed E-state index contributed by atoms with van der Waals surface area (Å²) in [7, 11) is 0. The second-order valence-electron chi connectivity index (χ2n) is 5.49. The second-order valence-corrected chi connectivity index (χ2v) is 5.49. The van der Waals surface area contributed by atoms with Crippen LogP contribution in [-0.4, -0.2) is 42.9 Å². The Balaban J connectivity index is 1.65. The third kappa shape index (κ3) is 4.86. The molecule has 21 heavy (non-hydrogen) atoms. The number of nitrogens with two attached hydrogens (primary N) is 1. The van der Waals surface area contributed by atoms with Crippen LogP contribution in [-0.2, 0) is 16.0 Å². The maximum atomic E-state index is 12.0. The molecule has 1 unspecified atom stereocenters. The van der Waals surface area contributed by atoms with Crippen molar-refractivity contribution in [2.24, 2.45) is 11.7 Å². The number of carbonyl (C=O) groups excluding carboxylic acids is 2. The molecule has 1 aromatic carbocycles. The summed E-state index contributed by atoms with van der Waals surface area (Å²) in [5, 5.41) is 2.80. The van der Waals surface area contributed by atoms with Gasteiger partial charge in [0.2, 0.25) is 11.8 Å². The van der Waals surface area contributed by atoms with Crippen molar-refractivity contribution >= 4 is 11.8 Å². The first kappa shape index (κ1) is 15.5. The molecule has 1 aromatic rings. The molecule has 1 saturated heterocycles. The summed E-state index contributed by atoms with van der Waals surface area (Å²) >= 11 is 0. The van der Waals surface area contributed by atoms with Gasteiger partial charge in [-0.3, -0.25) is 9.59 Å². The average molecular weight is 289 g/mol. The third-order valence-corrected chi connectivity index (χ3v) is 3.84. The lowest BCUT2D eigenvalue weighted by atomic mass is 10.1. The summed E-state index contributed by atoms with van der Waals surface area (Å²) in [6, 6.07) is 9.58. The lowest BCUT2D eigenvalue weighted by molar-refractivity contribution is -0.130. The van der Waals surface area contributed by atoms with Crippen molar-refractivity contribution in [2.45, 2.75) is 19.3 Å². The molecule has 3 N–H and O–H groups in total. The average Bonchev–Trinajstić information content (AvgIpc) is 2.97. The van der Waals surface area contributed by atoms with Crippen LogP contribution in [0, 0.1) is 5.92 Å². The summed E-state index contributed by atoms with van der Waals surface area (Å²) in [5.74, 6) is 0.489. The van der Waals surface area contributed by atoms with Gasteiger partial charge in [0.1, 0.15) is 0 Å². The smallest absolute Gasteiger partial charge is 0.224 e. The number of hydrogen-bond donors (Lipinski definition) is 2. The second kappa shape index (κ2) is 7.78. The van der Waals surface area contributed by atoms with Gasteiger partial charge in [-0.1, -0.05) is 30.3 Å². The number of amides is 2. The molecule has 1 fully saturated rings. The fraction of sp³-hybridized carbons (Fsp3) is 0.500. The maximum Gasteiger partial charge on any atom is 0.224 e. The van der Waals surface area contributed by atoms with Gasteiger partial charge in [0.15, 0.2) is 0 Å². The molecule has 1 atom stereocenters. The quantitative estimate of drug-likeness (QED) is 0.802. The van der Waals surface area contributed by atoms with E-state index in [0.717, 1.165) is 25.1 Å². The van der Waals surface area contributed by atoms with Gasteiger partial charge in [0.25, 0.3) is 0 Å². The van der Waals surface area contributed by atoms with E-state index < -0.39 is 0 Å². The molecule has 1 aliphatic heterocycles. The van der Waals surface area contributed by atoms with Crippen molar-refractivity contribution in [3.63, 3.8) is 0 Å². The lowest BCUT2D eigenvalue weighted by Gasteiger charge is -2.16. The van der Waals surface area contributed by atoms with Crippen LogP contribution in [0.15, 0.2) is 30.3 Å². The third-order valence-electron chi connectivity index (χ3n) is 3.84. The molecule has 2 rings (SSSR count). The first-order valence-electron chi connectivity index (χ1n) is 7.47. The van der Waals surface area contributed by atoms with Crippen LogP contribution < -0.4 is 11.1 Å². The highest BCUT2D eigenvalue weighted by atomic mass is 16.2. The largest absolute Gasteiger partial charge is 0.355 e. The Morgan fingerprint density at radius 1 is 1.29 bits per heavy atom. The number of likely N-dealkylation sites (tertiary alicyclic amines) is 1. The zero-order valence-corrected chi connectivity index (χ0v) is 12.3. The molecule has 0 saturated carbocycles. The summed E-state index contributed by atoms with van der Waals surface area (Å²) in [4.78, 5) is 25.6. The predicted molar refractivity (Wildman–Crippen MR) is 81.5 cm³/mol. The molecule has 0 aromatic heterocycles. The van der Waals surface area contributed by atoms with Crippen molar-refractivity contribution in [2.75, 3.05) is 26.2 Å². The van der Waals surface area contributed by atoms with Gasteiger partial charge in [-0.05, 0) is 24.4 Å². The Kier molecular flexibility index (Phi) is 5.75. The zero-order valence-electron chi connectivity index (χ0n) is 12.3. The van der Waals surface area contributed by atoms with Crippen molar-refractivity contribution in [3.8, 4) is 0 Å². The Morgan fingerprint density at radius 3 is 2.71 bits per heavy atom. The van der Waals surface area contributed by atoms with E-state index in [1.807, 2.05) is 35.2 Å². The van der Waals surface area contributed by atoms with Crippen molar-refractivity contribution in [1.82, 2.24) is 10.2 Å². The minimum Gasteiger partial charge on any atom is -0.355 e. The fourth-order valence-corrected chi connectivity index (χ4v) is 2.56. The highest BCUT2D eigenvalue weighted by Crippen LogP contribution is 2.15. The fourth-order valence-electron chi connectivity index (χ4n) is 2.56. The Bertz CT molecular complexity index is 476. The Morgan fingerprint density at radius 2 is 2.05 bits per heavy atom. The lowest BCUT2D eigenvalue weighted by Crippen LogP contribution is -2.34. The van der Waals surface area contributed by atoms with Crippen molar-refractivity contribution < 1.29 is 9.59 Å². The summed E-state index contributed by atoms with van der Waals surface area (Å²) < 4.78 is 0. The van der Waals surface area contributed by atoms with E-state index in [0.29, 0.717) is 31.8 Å². The van der Waals surface area contributed by atoms with E-state index in [9.17, 15) is 9.59 Å². The van der Waals surface area contributed by atoms with Crippen LogP contribution in [0.3, 0.4) is 0 Å². The van der Waals surface area contributed by atoms with Gasteiger partial charge in [-0.25, -0.2) is 0 Å². The highest BCUT2D eigenvalue weighted by Gasteiger charge is 2.24. The predicted octanol–water partition coefficient (Wildman–Crippen LogP) is 0.543. The molecule has 5 nitrogen and oxygen atoms in total. The van der Waals surface area contributed by atoms with Crippen LogP contribution in [0.5, 0.6) is 0 Å². The van der Waals surface area contributed by atoms with Gasteiger partial charge in [0.05, 0.1) is 6.42 Å². The number of rotatable bonds is 6. The number of benzene rings is 1. The zero-order chi connectivity index (χ0) is 15.1. The summed E-state index contributed by atoms with van der Waals surface area (Å²) in [6.07, 6.45) is 1.70. The van der Waals surface area contributed by atoms with Crippen molar-refractivity contribution in [3.05, 3.63) is 35.9 Å². The number of nitrogens with one attached hydrogen (secondary N) is 1. The van der Waals surface area contributed by atoms with Crippen molar-refractivity contribution in [1.29, 1.82) is 0 Å². The maximum absolute atomic E-state index is 12.0. The van der Waals surface area contributed by atoms with E-state index in [1.54, 1.807) is 0 Å². The first-order chi connectivity index (χ1) is 10.2. The monoisotopic (exact) mass is 289 g/mol. The van der Waals surface area contributed by atoms with Crippen LogP contribution in [0.25, 0.3) is 0 Å². The van der Waals surface area contributed by atoms with Gasteiger partial charge < -0.3 is 16.0 Å². The topological polar surface area (TPSA) is 75.4 Å². The Labute approximate surface area is 125 Å². The molecule has 0 radical (unpaired) electrons. The molecule has 2 amide bonds.